The standard InChI is InChI=1S/C22H26FN5O2/c1-22(2,3)19(14-30-18-7-5-4-6-17(18)23)27-21(29)26-13-16-8-9-20(25-12-16)28-11-10-24-15-28/h4-12,15,19H,13-14H2,1-3H3,(H2,26,27,29). The van der Waals surface area contributed by atoms with E-state index >= 15 is 0 Å². The van der Waals surface area contributed by atoms with Gasteiger partial charge in [0.1, 0.15) is 18.8 Å². The Labute approximate surface area is 175 Å². The average molecular weight is 411 g/mol. The summed E-state index contributed by atoms with van der Waals surface area (Å²) in [4.78, 5) is 20.8. The molecule has 0 fully saturated rings. The highest BCUT2D eigenvalue weighted by Crippen LogP contribution is 2.22. The predicted molar refractivity (Wildman–Crippen MR) is 112 cm³/mol. The van der Waals surface area contributed by atoms with Crippen LogP contribution in [0.25, 0.3) is 5.82 Å². The third-order valence-electron chi connectivity index (χ3n) is 4.62. The van der Waals surface area contributed by atoms with Gasteiger partial charge in [-0.25, -0.2) is 19.2 Å². The number of carbonyl (C=O) groups is 1. The highest BCUT2D eigenvalue weighted by Gasteiger charge is 2.27. The summed E-state index contributed by atoms with van der Waals surface area (Å²) in [7, 11) is 0. The van der Waals surface area contributed by atoms with Crippen LogP contribution in [0.15, 0.2) is 61.3 Å². The van der Waals surface area contributed by atoms with Crippen LogP contribution in [0, 0.1) is 11.2 Å². The van der Waals surface area contributed by atoms with Crippen molar-refractivity contribution in [3.05, 3.63) is 72.7 Å². The van der Waals surface area contributed by atoms with Gasteiger partial charge in [-0.3, -0.25) is 4.57 Å². The third kappa shape index (κ3) is 5.79. The number of halogens is 1. The monoisotopic (exact) mass is 411 g/mol. The van der Waals surface area contributed by atoms with Gasteiger partial charge >= 0.3 is 6.03 Å². The molecule has 0 aliphatic heterocycles. The number of nitrogens with zero attached hydrogens (tertiary/aromatic N) is 3. The zero-order valence-corrected chi connectivity index (χ0v) is 17.3. The Balaban J connectivity index is 1.53. The van der Waals surface area contributed by atoms with Gasteiger partial charge in [0.2, 0.25) is 0 Å². The van der Waals surface area contributed by atoms with Crippen molar-refractivity contribution in [1.29, 1.82) is 0 Å². The molecule has 0 saturated heterocycles. The smallest absolute Gasteiger partial charge is 0.315 e. The maximum absolute atomic E-state index is 13.8. The second kappa shape index (κ2) is 9.39. The molecule has 0 aliphatic carbocycles. The van der Waals surface area contributed by atoms with Crippen molar-refractivity contribution < 1.29 is 13.9 Å². The van der Waals surface area contributed by atoms with Crippen molar-refractivity contribution in [3.63, 3.8) is 0 Å². The molecular weight excluding hydrogens is 385 g/mol. The topological polar surface area (TPSA) is 81.1 Å². The SMILES string of the molecule is CC(C)(C)C(COc1ccccc1F)NC(=O)NCc1ccc(-n2ccnc2)nc1. The summed E-state index contributed by atoms with van der Waals surface area (Å²) < 4.78 is 21.2. The number of imidazole rings is 1. The third-order valence-corrected chi connectivity index (χ3v) is 4.62. The van der Waals surface area contributed by atoms with E-state index in [1.807, 2.05) is 39.1 Å². The number of carbonyl (C=O) groups excluding carboxylic acids is 1. The lowest BCUT2D eigenvalue weighted by molar-refractivity contribution is 0.167. The molecule has 2 amide bonds. The number of ether oxygens (including phenoxy) is 1. The molecule has 0 bridgehead atoms. The van der Waals surface area contributed by atoms with Crippen LogP contribution in [0.3, 0.4) is 0 Å². The minimum absolute atomic E-state index is 0.152. The van der Waals surface area contributed by atoms with E-state index in [1.54, 1.807) is 41.5 Å². The van der Waals surface area contributed by atoms with E-state index in [2.05, 4.69) is 20.6 Å². The van der Waals surface area contributed by atoms with E-state index in [4.69, 9.17) is 4.74 Å². The Morgan fingerprint density at radius 2 is 2.03 bits per heavy atom. The van der Waals surface area contributed by atoms with E-state index in [9.17, 15) is 9.18 Å². The van der Waals surface area contributed by atoms with Gasteiger partial charge in [0.05, 0.1) is 6.04 Å². The van der Waals surface area contributed by atoms with Gasteiger partial charge in [-0.15, -0.1) is 0 Å². The fraction of sp³-hybridized carbons (Fsp3) is 0.318. The summed E-state index contributed by atoms with van der Waals surface area (Å²) in [6, 6.07) is 9.32. The zero-order valence-electron chi connectivity index (χ0n) is 17.3. The van der Waals surface area contributed by atoms with Gasteiger partial charge in [-0.1, -0.05) is 39.0 Å². The quantitative estimate of drug-likeness (QED) is 0.621. The number of amides is 2. The van der Waals surface area contributed by atoms with Gasteiger partial charge in [-0.05, 0) is 29.2 Å². The van der Waals surface area contributed by atoms with Crippen molar-refractivity contribution in [3.8, 4) is 11.6 Å². The van der Waals surface area contributed by atoms with Crippen LogP contribution in [-0.2, 0) is 6.54 Å². The van der Waals surface area contributed by atoms with E-state index in [0.29, 0.717) is 6.54 Å². The summed E-state index contributed by atoms with van der Waals surface area (Å²) >= 11 is 0. The molecule has 3 aromatic rings. The highest BCUT2D eigenvalue weighted by atomic mass is 19.1. The lowest BCUT2D eigenvalue weighted by atomic mass is 9.87. The first kappa shape index (κ1) is 21.3. The Bertz CT molecular complexity index is 952. The molecule has 3 rings (SSSR count). The van der Waals surface area contributed by atoms with Crippen LogP contribution < -0.4 is 15.4 Å². The molecule has 2 N–H and O–H groups in total. The van der Waals surface area contributed by atoms with E-state index in [0.717, 1.165) is 11.4 Å². The molecule has 8 heteroatoms. The molecule has 7 nitrogen and oxygen atoms in total. The lowest BCUT2D eigenvalue weighted by Gasteiger charge is -2.31. The van der Waals surface area contributed by atoms with Gasteiger partial charge < -0.3 is 15.4 Å². The highest BCUT2D eigenvalue weighted by molar-refractivity contribution is 5.74. The first-order valence-electron chi connectivity index (χ1n) is 9.68. The molecule has 0 radical (unpaired) electrons. The molecule has 2 heterocycles. The van der Waals surface area contributed by atoms with Crippen molar-refractivity contribution in [1.82, 2.24) is 25.2 Å². The van der Waals surface area contributed by atoms with Crippen molar-refractivity contribution in [2.24, 2.45) is 5.41 Å². The number of rotatable bonds is 7. The number of pyridine rings is 1. The maximum Gasteiger partial charge on any atom is 0.315 e. The van der Waals surface area contributed by atoms with Crippen molar-refractivity contribution >= 4 is 6.03 Å². The molecular formula is C22H26FN5O2. The molecule has 1 aromatic carbocycles. The zero-order chi connectivity index (χ0) is 21.6. The van der Waals surface area contributed by atoms with Gasteiger partial charge in [0.15, 0.2) is 11.6 Å². The van der Waals surface area contributed by atoms with E-state index < -0.39 is 5.82 Å². The van der Waals surface area contributed by atoms with Crippen LogP contribution >= 0.6 is 0 Å². The Morgan fingerprint density at radius 3 is 2.67 bits per heavy atom. The number of hydrogen-bond donors (Lipinski definition) is 2. The summed E-state index contributed by atoms with van der Waals surface area (Å²) in [5, 5.41) is 5.75. The van der Waals surface area contributed by atoms with Crippen LogP contribution in [-0.4, -0.2) is 33.2 Å². The number of hydrogen-bond acceptors (Lipinski definition) is 4. The molecule has 30 heavy (non-hydrogen) atoms. The fourth-order valence-electron chi connectivity index (χ4n) is 2.70. The molecule has 2 aromatic heterocycles. The minimum Gasteiger partial charge on any atom is -0.488 e. The predicted octanol–water partition coefficient (Wildman–Crippen LogP) is 3.70. The van der Waals surface area contributed by atoms with E-state index in [1.165, 1.54) is 6.07 Å². The fourth-order valence-corrected chi connectivity index (χ4v) is 2.70. The van der Waals surface area contributed by atoms with E-state index in [-0.39, 0.29) is 29.8 Å². The average Bonchev–Trinajstić information content (AvgIpc) is 3.25. The number of nitrogens with one attached hydrogen (secondary N) is 2. The number of urea groups is 1. The molecule has 0 aliphatic rings. The molecule has 158 valence electrons. The van der Waals surface area contributed by atoms with Gasteiger partial charge in [0, 0.05) is 25.1 Å². The summed E-state index contributed by atoms with van der Waals surface area (Å²) in [5.41, 5.74) is 0.584. The Kier molecular flexibility index (Phi) is 6.66. The first-order chi connectivity index (χ1) is 14.3. The first-order valence-corrected chi connectivity index (χ1v) is 9.68. The van der Waals surface area contributed by atoms with Gasteiger partial charge in [-0.2, -0.15) is 0 Å². The van der Waals surface area contributed by atoms with Crippen LogP contribution in [0.4, 0.5) is 9.18 Å². The second-order valence-electron chi connectivity index (χ2n) is 7.98. The number of benzene rings is 1. The number of aromatic nitrogens is 3. The summed E-state index contributed by atoms with van der Waals surface area (Å²) in [5.74, 6) is 0.484. The van der Waals surface area contributed by atoms with Crippen LogP contribution in [0.5, 0.6) is 5.75 Å². The normalized spacial score (nSPS) is 12.3. The van der Waals surface area contributed by atoms with Gasteiger partial charge in [0.25, 0.3) is 0 Å². The second-order valence-corrected chi connectivity index (χ2v) is 7.98. The van der Waals surface area contributed by atoms with Crippen molar-refractivity contribution in [2.45, 2.75) is 33.4 Å². The number of para-hydroxylation sites is 1. The lowest BCUT2D eigenvalue weighted by Crippen LogP contribution is -2.50. The Hall–Kier alpha value is -3.42. The molecule has 0 spiro atoms. The summed E-state index contributed by atoms with van der Waals surface area (Å²) in [6.07, 6.45) is 6.87. The van der Waals surface area contributed by atoms with Crippen LogP contribution in [0.2, 0.25) is 0 Å². The Morgan fingerprint density at radius 1 is 1.23 bits per heavy atom. The largest absolute Gasteiger partial charge is 0.488 e. The van der Waals surface area contributed by atoms with Crippen LogP contribution in [0.1, 0.15) is 26.3 Å². The summed E-state index contributed by atoms with van der Waals surface area (Å²) in [6.45, 7) is 6.44. The molecule has 1 atom stereocenters. The van der Waals surface area contributed by atoms with Crippen molar-refractivity contribution in [2.75, 3.05) is 6.61 Å². The molecule has 1 unspecified atom stereocenters. The maximum atomic E-state index is 13.8. The molecule has 0 saturated carbocycles. The minimum atomic E-state index is -0.429.